The molecule has 0 nitrogen and oxygen atoms in total. The van der Waals surface area contributed by atoms with Crippen LogP contribution in [0.3, 0.4) is 0 Å². The van der Waals surface area contributed by atoms with Gasteiger partial charge in [0.15, 0.2) is 0 Å². The van der Waals surface area contributed by atoms with Crippen LogP contribution in [-0.2, 0) is 0 Å². The second-order valence-corrected chi connectivity index (χ2v) is 7.90. The van der Waals surface area contributed by atoms with E-state index < -0.39 is 83.4 Å². The van der Waals surface area contributed by atoms with Crippen molar-refractivity contribution in [2.45, 2.75) is 83.4 Å². The molecule has 0 spiro atoms. The van der Waals surface area contributed by atoms with Crippen LogP contribution >= 0.6 is 0 Å². The number of hydrogen-bond acceptors (Lipinski definition) is 0. The molecule has 266 valence electrons. The summed E-state index contributed by atoms with van der Waals surface area (Å²) in [7, 11) is 0. The van der Waals surface area contributed by atoms with E-state index in [1.165, 1.54) is 0 Å². The summed E-state index contributed by atoms with van der Waals surface area (Å²) in [4.78, 5) is 0. The summed E-state index contributed by atoms with van der Waals surface area (Å²) in [5.41, 5.74) is -14.1. The highest BCUT2D eigenvalue weighted by molar-refractivity contribution is 5.36. The van der Waals surface area contributed by atoms with Crippen molar-refractivity contribution in [3.8, 4) is 0 Å². The summed E-state index contributed by atoms with van der Waals surface area (Å²) >= 11 is 0. The first-order valence-corrected chi connectivity index (χ1v) is 8.92. The third kappa shape index (κ3) is 4.57. The van der Waals surface area contributed by atoms with Crippen LogP contribution in [0.5, 0.6) is 0 Å². The first kappa shape index (κ1) is 41.9. The van der Waals surface area contributed by atoms with Crippen LogP contribution in [0.2, 0.25) is 0 Å². The Morgan fingerprint density at radius 1 is 0.227 bits per heavy atom. The van der Waals surface area contributed by atoms with Crippen LogP contribution in [0.15, 0.2) is 0 Å². The zero-order valence-electron chi connectivity index (χ0n) is 18.3. The molecule has 1 fully saturated rings. The predicted molar refractivity (Wildman–Crippen MR) is 71.5 cm³/mol. The van der Waals surface area contributed by atoms with Crippen molar-refractivity contribution in [1.82, 2.24) is 0 Å². The second kappa shape index (κ2) is 9.71. The number of halogens is 30. The van der Waals surface area contributed by atoms with Gasteiger partial charge in [-0.3, -0.25) is 0 Å². The van der Waals surface area contributed by atoms with E-state index in [0.717, 1.165) is 0 Å². The van der Waals surface area contributed by atoms with E-state index in [0.29, 0.717) is 0 Å². The van der Waals surface area contributed by atoms with Crippen molar-refractivity contribution in [3.05, 3.63) is 0 Å². The predicted octanol–water partition coefficient (Wildman–Crippen LogP) is 9.73. The van der Waals surface area contributed by atoms with Gasteiger partial charge in [0.25, 0.3) is 0 Å². The van der Waals surface area contributed by atoms with Gasteiger partial charge in [0.05, 0.1) is 0 Å². The molecule has 0 aromatic heterocycles. The van der Waals surface area contributed by atoms with Crippen molar-refractivity contribution < 1.29 is 132 Å². The minimum atomic E-state index is -8.72. The first-order chi connectivity index (χ1) is 18.2. The summed E-state index contributed by atoms with van der Waals surface area (Å²) < 4.78 is 366. The maximum absolute atomic E-state index is 12.8. The van der Waals surface area contributed by atoms with Gasteiger partial charge in [0, 0.05) is 0 Å². The van der Waals surface area contributed by atoms with Crippen LogP contribution in [0.4, 0.5) is 132 Å². The molecule has 2 atom stereocenters. The molecule has 0 N–H and O–H groups in total. The standard InChI is InChI=1S/C8F18.C6F12/c9-1(10,3(13,14)5(17,18)7(21,22)23)2(11,12)4(15,16)6(19,20)8(24,25)26;7-1(5(13,14)15)2(8,6(16,17)18)4(11,12)3(1,9)10. The van der Waals surface area contributed by atoms with Crippen LogP contribution < -0.4 is 0 Å². The van der Waals surface area contributed by atoms with Crippen molar-refractivity contribution in [3.63, 3.8) is 0 Å². The molecule has 0 heterocycles. The highest BCUT2D eigenvalue weighted by atomic mass is 19.5. The van der Waals surface area contributed by atoms with Crippen LogP contribution in [0.1, 0.15) is 0 Å². The Balaban J connectivity index is 0.000000895. The van der Waals surface area contributed by atoms with Crippen molar-refractivity contribution in [2.75, 3.05) is 0 Å². The van der Waals surface area contributed by atoms with Gasteiger partial charge >= 0.3 is 83.4 Å². The van der Waals surface area contributed by atoms with Crippen LogP contribution in [-0.4, -0.2) is 83.4 Å². The lowest BCUT2D eigenvalue weighted by Crippen LogP contribution is -2.93. The smallest absolute Gasteiger partial charge is 0.222 e. The van der Waals surface area contributed by atoms with Gasteiger partial charge in [0.1, 0.15) is 0 Å². The molecular weight excluding hydrogens is 738 g/mol. The van der Waals surface area contributed by atoms with Gasteiger partial charge in [-0.1, -0.05) is 0 Å². The molecule has 1 rings (SSSR count). The van der Waals surface area contributed by atoms with Crippen molar-refractivity contribution >= 4 is 0 Å². The molecule has 0 aromatic rings. The molecule has 0 amide bonds. The van der Waals surface area contributed by atoms with Gasteiger partial charge in [0.2, 0.25) is 0 Å². The monoisotopic (exact) mass is 738 g/mol. The third-order valence-corrected chi connectivity index (χ3v) is 5.20. The maximum atomic E-state index is 12.8. The summed E-state index contributed by atoms with van der Waals surface area (Å²) in [5, 5.41) is 0. The lowest BCUT2D eigenvalue weighted by atomic mass is 9.60. The molecule has 1 aliphatic carbocycles. The van der Waals surface area contributed by atoms with Gasteiger partial charge in [-0.05, 0) is 0 Å². The minimum absolute atomic E-state index is 6.87. The van der Waals surface area contributed by atoms with E-state index in [4.69, 9.17) is 0 Å². The lowest BCUT2D eigenvalue weighted by Gasteiger charge is -2.58. The van der Waals surface area contributed by atoms with Crippen LogP contribution in [0, 0.1) is 0 Å². The average molecular weight is 738 g/mol. The normalized spacial score (nSPS) is 26.0. The quantitative estimate of drug-likeness (QED) is 0.247. The Hall–Kier alpha value is -2.10. The van der Waals surface area contributed by atoms with E-state index in [1.54, 1.807) is 0 Å². The largest absolute Gasteiger partial charge is 0.460 e. The van der Waals surface area contributed by atoms with E-state index in [9.17, 15) is 132 Å². The molecule has 0 radical (unpaired) electrons. The number of alkyl halides is 30. The van der Waals surface area contributed by atoms with Crippen LogP contribution in [0.25, 0.3) is 0 Å². The summed E-state index contributed by atoms with van der Waals surface area (Å²) in [5.74, 6) is -64.8. The van der Waals surface area contributed by atoms with Gasteiger partial charge in [-0.25, -0.2) is 8.78 Å². The van der Waals surface area contributed by atoms with Gasteiger partial charge in [-0.2, -0.15) is 123 Å². The second-order valence-electron chi connectivity index (χ2n) is 7.90. The minimum Gasteiger partial charge on any atom is -0.222 e. The fraction of sp³-hybridized carbons (Fsp3) is 1.00. The number of rotatable bonds is 5. The molecule has 0 aliphatic heterocycles. The highest BCUT2D eigenvalue weighted by Crippen LogP contribution is 2.76. The van der Waals surface area contributed by atoms with Gasteiger partial charge in [-0.15, -0.1) is 0 Å². The fourth-order valence-electron chi connectivity index (χ4n) is 2.69. The summed E-state index contributed by atoms with van der Waals surface area (Å²) in [6.07, 6.45) is -30.0. The topological polar surface area (TPSA) is 0 Å². The molecule has 1 saturated carbocycles. The Morgan fingerprint density at radius 2 is 0.364 bits per heavy atom. The SMILES string of the molecule is FC(F)(F)C(F)(F)C(F)(F)C(F)(F)C(F)(F)C(F)(F)C(F)(F)C(F)(F)F.FC(F)(F)C1(F)C(F)(F)C(F)(F)C1(F)C(F)(F)F. The molecular formula is C14F30. The molecule has 1 aliphatic rings. The molecule has 0 saturated heterocycles. The molecule has 44 heavy (non-hydrogen) atoms. The molecule has 30 heteroatoms. The van der Waals surface area contributed by atoms with E-state index >= 15 is 0 Å². The zero-order chi connectivity index (χ0) is 37.0. The van der Waals surface area contributed by atoms with Gasteiger partial charge < -0.3 is 0 Å². The Bertz CT molecular complexity index is 960. The van der Waals surface area contributed by atoms with E-state index in [2.05, 4.69) is 0 Å². The van der Waals surface area contributed by atoms with Crippen molar-refractivity contribution in [1.29, 1.82) is 0 Å². The number of hydrogen-bond donors (Lipinski definition) is 0. The Labute approximate surface area is 216 Å². The average Bonchev–Trinajstić information content (AvgIpc) is 2.73. The maximum Gasteiger partial charge on any atom is 0.460 e. The van der Waals surface area contributed by atoms with E-state index in [1.807, 2.05) is 0 Å². The Kier molecular flexibility index (Phi) is 9.24. The van der Waals surface area contributed by atoms with E-state index in [-0.39, 0.29) is 0 Å². The molecule has 0 bridgehead atoms. The van der Waals surface area contributed by atoms with Crippen molar-refractivity contribution in [2.24, 2.45) is 0 Å². The summed E-state index contributed by atoms with van der Waals surface area (Å²) in [6.45, 7) is 0. The lowest BCUT2D eigenvalue weighted by molar-refractivity contribution is -0.531. The first-order valence-electron chi connectivity index (χ1n) is 8.92. The third-order valence-electron chi connectivity index (χ3n) is 5.20. The summed E-state index contributed by atoms with van der Waals surface area (Å²) in [6, 6.07) is 0. The fourth-order valence-corrected chi connectivity index (χ4v) is 2.69. The highest BCUT2D eigenvalue weighted by Gasteiger charge is 3.10. The molecule has 0 aromatic carbocycles. The molecule has 2 unspecified atom stereocenters. The zero-order valence-corrected chi connectivity index (χ0v) is 18.3. The Morgan fingerprint density at radius 3 is 0.477 bits per heavy atom.